The highest BCUT2D eigenvalue weighted by atomic mass is 35.5. The Bertz CT molecular complexity index is 853. The minimum atomic E-state index is -2.14. The van der Waals surface area contributed by atoms with E-state index in [4.69, 9.17) is 11.6 Å². The summed E-state index contributed by atoms with van der Waals surface area (Å²) in [7, 11) is 0. The van der Waals surface area contributed by atoms with E-state index in [-0.39, 0.29) is 24.5 Å². The second-order valence-corrected chi connectivity index (χ2v) is 6.80. The molecular weight excluding hydrogens is 359 g/mol. The summed E-state index contributed by atoms with van der Waals surface area (Å²) < 4.78 is 13.4. The van der Waals surface area contributed by atoms with Gasteiger partial charge in [0.1, 0.15) is 5.82 Å². The summed E-state index contributed by atoms with van der Waals surface area (Å²) in [6, 6.07) is 11.2. The van der Waals surface area contributed by atoms with Crippen LogP contribution in [0.1, 0.15) is 17.5 Å². The number of anilines is 1. The van der Waals surface area contributed by atoms with E-state index in [0.717, 1.165) is 11.6 Å². The van der Waals surface area contributed by atoms with Crippen LogP contribution in [-0.2, 0) is 16.1 Å². The first-order valence-electron chi connectivity index (χ1n) is 8.14. The Labute approximate surface area is 155 Å². The van der Waals surface area contributed by atoms with Crippen LogP contribution in [0.4, 0.5) is 10.1 Å². The number of carbonyl (C=O) groups is 2. The Balaban J connectivity index is 1.71. The molecule has 0 aromatic heterocycles. The van der Waals surface area contributed by atoms with Gasteiger partial charge < -0.3 is 15.3 Å². The van der Waals surface area contributed by atoms with E-state index in [2.05, 4.69) is 5.32 Å². The number of hydrogen-bond acceptors (Lipinski definition) is 3. The second kappa shape index (κ2) is 7.05. The predicted octanol–water partition coefficient (Wildman–Crippen LogP) is 2.57. The number of halogens is 2. The standard InChI is InChI=1S/C19H18ClFN2O3/c1-12-3-2-4-16(7-12)23-6-5-19(26,18(23)25)17(24)22-11-13-8-14(20)10-15(21)9-13/h2-4,7-10,26H,5-6,11H2,1H3,(H,22,24)/t19-/m1/s1. The number of aliphatic hydroxyl groups is 1. The normalized spacial score (nSPS) is 19.7. The lowest BCUT2D eigenvalue weighted by molar-refractivity contribution is -0.149. The first-order valence-corrected chi connectivity index (χ1v) is 8.52. The molecule has 1 saturated heterocycles. The Hall–Kier alpha value is -2.44. The molecule has 0 unspecified atom stereocenters. The van der Waals surface area contributed by atoms with Gasteiger partial charge in [0.25, 0.3) is 11.8 Å². The molecule has 2 N–H and O–H groups in total. The summed E-state index contributed by atoms with van der Waals surface area (Å²) in [5.41, 5.74) is -0.0947. The number of nitrogens with one attached hydrogen (secondary N) is 1. The zero-order chi connectivity index (χ0) is 18.9. The maximum Gasteiger partial charge on any atom is 0.268 e. The minimum absolute atomic E-state index is 0.0183. The van der Waals surface area contributed by atoms with Crippen molar-refractivity contribution in [1.29, 1.82) is 0 Å². The largest absolute Gasteiger partial charge is 0.372 e. The molecule has 3 rings (SSSR count). The lowest BCUT2D eigenvalue weighted by Gasteiger charge is -2.22. The average molecular weight is 377 g/mol. The van der Waals surface area contributed by atoms with Crippen LogP contribution >= 0.6 is 11.6 Å². The number of aryl methyl sites for hydroxylation is 1. The van der Waals surface area contributed by atoms with E-state index in [1.807, 2.05) is 25.1 Å². The number of hydrogen-bond donors (Lipinski definition) is 2. The molecule has 2 aromatic carbocycles. The third-order valence-electron chi connectivity index (χ3n) is 4.36. The van der Waals surface area contributed by atoms with Crippen molar-refractivity contribution in [2.24, 2.45) is 0 Å². The fourth-order valence-corrected chi connectivity index (χ4v) is 3.24. The molecule has 0 bridgehead atoms. The summed E-state index contributed by atoms with van der Waals surface area (Å²) in [5, 5.41) is 13.3. The second-order valence-electron chi connectivity index (χ2n) is 6.37. The zero-order valence-corrected chi connectivity index (χ0v) is 14.9. The summed E-state index contributed by atoms with van der Waals surface area (Å²) in [6.07, 6.45) is -0.0183. The van der Waals surface area contributed by atoms with Crippen LogP contribution in [0.25, 0.3) is 0 Å². The van der Waals surface area contributed by atoms with Gasteiger partial charge in [-0.05, 0) is 48.4 Å². The molecule has 5 nitrogen and oxygen atoms in total. The van der Waals surface area contributed by atoms with Crippen LogP contribution in [0.15, 0.2) is 42.5 Å². The van der Waals surface area contributed by atoms with Crippen molar-refractivity contribution in [3.63, 3.8) is 0 Å². The van der Waals surface area contributed by atoms with Gasteiger partial charge in [-0.1, -0.05) is 23.7 Å². The van der Waals surface area contributed by atoms with E-state index in [1.54, 1.807) is 6.07 Å². The Kier molecular flexibility index (Phi) is 4.98. The highest BCUT2D eigenvalue weighted by molar-refractivity contribution is 6.30. The lowest BCUT2D eigenvalue weighted by Crippen LogP contribution is -2.52. The van der Waals surface area contributed by atoms with Crippen LogP contribution in [-0.4, -0.2) is 29.1 Å². The van der Waals surface area contributed by atoms with E-state index in [9.17, 15) is 19.1 Å². The average Bonchev–Trinajstić information content (AvgIpc) is 2.88. The molecule has 0 aliphatic carbocycles. The van der Waals surface area contributed by atoms with Gasteiger partial charge in [-0.2, -0.15) is 0 Å². The number of nitrogens with zero attached hydrogens (tertiary/aromatic N) is 1. The Morgan fingerprint density at radius 1 is 1.35 bits per heavy atom. The highest BCUT2D eigenvalue weighted by Gasteiger charge is 2.51. The molecule has 136 valence electrons. The van der Waals surface area contributed by atoms with Crippen LogP contribution < -0.4 is 10.2 Å². The number of rotatable bonds is 4. The monoisotopic (exact) mass is 376 g/mol. The van der Waals surface area contributed by atoms with Crippen molar-refractivity contribution in [3.8, 4) is 0 Å². The maximum atomic E-state index is 13.4. The molecule has 26 heavy (non-hydrogen) atoms. The molecule has 1 heterocycles. The van der Waals surface area contributed by atoms with Gasteiger partial charge in [0.2, 0.25) is 5.60 Å². The lowest BCUT2D eigenvalue weighted by atomic mass is 10.0. The summed E-state index contributed by atoms with van der Waals surface area (Å²) >= 11 is 5.78. The van der Waals surface area contributed by atoms with Crippen LogP contribution in [0, 0.1) is 12.7 Å². The highest BCUT2D eigenvalue weighted by Crippen LogP contribution is 2.29. The van der Waals surface area contributed by atoms with Gasteiger partial charge in [-0.3, -0.25) is 9.59 Å². The molecule has 1 aliphatic rings. The van der Waals surface area contributed by atoms with Crippen molar-refractivity contribution in [3.05, 3.63) is 64.4 Å². The van der Waals surface area contributed by atoms with Crippen LogP contribution in [0.5, 0.6) is 0 Å². The van der Waals surface area contributed by atoms with Gasteiger partial charge in [0.05, 0.1) is 0 Å². The van der Waals surface area contributed by atoms with Gasteiger partial charge in [0.15, 0.2) is 0 Å². The van der Waals surface area contributed by atoms with E-state index in [1.165, 1.54) is 17.0 Å². The molecule has 0 saturated carbocycles. The van der Waals surface area contributed by atoms with Crippen molar-refractivity contribution in [2.45, 2.75) is 25.5 Å². The fraction of sp³-hybridized carbons (Fsp3) is 0.263. The van der Waals surface area contributed by atoms with Crippen molar-refractivity contribution in [1.82, 2.24) is 5.32 Å². The molecule has 1 aliphatic heterocycles. The SMILES string of the molecule is Cc1cccc(N2CC[C@@](O)(C(=O)NCc3cc(F)cc(Cl)c3)C2=O)c1. The smallest absolute Gasteiger partial charge is 0.268 e. The topological polar surface area (TPSA) is 69.6 Å². The third kappa shape index (κ3) is 3.57. The summed E-state index contributed by atoms with van der Waals surface area (Å²) in [5.74, 6) is -2.00. The van der Waals surface area contributed by atoms with Gasteiger partial charge in [-0.15, -0.1) is 0 Å². The molecule has 0 radical (unpaired) electrons. The Morgan fingerprint density at radius 3 is 2.81 bits per heavy atom. The number of amides is 2. The molecule has 7 heteroatoms. The first kappa shape index (κ1) is 18.4. The van der Waals surface area contributed by atoms with Crippen LogP contribution in [0.3, 0.4) is 0 Å². The molecular formula is C19H18ClFN2O3. The van der Waals surface area contributed by atoms with E-state index in [0.29, 0.717) is 11.3 Å². The molecule has 0 spiro atoms. The molecule has 2 amide bonds. The summed E-state index contributed by atoms with van der Waals surface area (Å²) in [6.45, 7) is 2.08. The molecule has 2 aromatic rings. The van der Waals surface area contributed by atoms with Crippen LogP contribution in [0.2, 0.25) is 5.02 Å². The van der Waals surface area contributed by atoms with Crippen molar-refractivity contribution < 1.29 is 19.1 Å². The number of benzene rings is 2. The predicted molar refractivity (Wildman–Crippen MR) is 96.4 cm³/mol. The fourth-order valence-electron chi connectivity index (χ4n) is 3.00. The van der Waals surface area contributed by atoms with E-state index < -0.39 is 23.2 Å². The van der Waals surface area contributed by atoms with Gasteiger partial charge >= 0.3 is 0 Å². The minimum Gasteiger partial charge on any atom is -0.372 e. The van der Waals surface area contributed by atoms with Gasteiger partial charge in [-0.25, -0.2) is 4.39 Å². The quantitative estimate of drug-likeness (QED) is 0.806. The van der Waals surface area contributed by atoms with Crippen molar-refractivity contribution >= 4 is 29.1 Å². The first-order chi connectivity index (χ1) is 12.3. The third-order valence-corrected chi connectivity index (χ3v) is 4.58. The van der Waals surface area contributed by atoms with Gasteiger partial charge in [0, 0.05) is 30.2 Å². The maximum absolute atomic E-state index is 13.4. The molecule has 1 fully saturated rings. The van der Waals surface area contributed by atoms with Crippen molar-refractivity contribution in [2.75, 3.05) is 11.4 Å². The molecule has 1 atom stereocenters. The summed E-state index contributed by atoms with van der Waals surface area (Å²) in [4.78, 5) is 26.5. The Morgan fingerprint density at radius 2 is 2.12 bits per heavy atom. The van der Waals surface area contributed by atoms with E-state index >= 15 is 0 Å². The zero-order valence-electron chi connectivity index (χ0n) is 14.1. The number of carbonyl (C=O) groups excluding carboxylic acids is 2.